The van der Waals surface area contributed by atoms with Crippen LogP contribution in [0.15, 0.2) is 48.5 Å². The Labute approximate surface area is 135 Å². The van der Waals surface area contributed by atoms with E-state index in [2.05, 4.69) is 5.32 Å². The molecule has 4 heteroatoms. The Hall–Kier alpha value is -2.10. The average Bonchev–Trinajstić information content (AvgIpc) is 2.51. The molecule has 0 aliphatic carbocycles. The first-order valence-corrected chi connectivity index (χ1v) is 7.41. The molecule has 3 nitrogen and oxygen atoms in total. The first kappa shape index (κ1) is 16.3. The maximum absolute atomic E-state index is 11.9. The van der Waals surface area contributed by atoms with E-state index < -0.39 is 0 Å². The third-order valence-corrected chi connectivity index (χ3v) is 3.65. The maximum Gasteiger partial charge on any atom is 0.248 e. The number of aryl methyl sites for hydroxylation is 1. The van der Waals surface area contributed by atoms with Gasteiger partial charge in [0.25, 0.3) is 0 Å². The SMILES string of the molecule is Cc1ccc(/C=C/C(=O)Nc2ccc(CCO)cc2)cc1Cl. The van der Waals surface area contributed by atoms with Gasteiger partial charge >= 0.3 is 0 Å². The molecule has 0 aliphatic heterocycles. The Morgan fingerprint density at radius 1 is 1.23 bits per heavy atom. The zero-order chi connectivity index (χ0) is 15.9. The number of hydrogen-bond acceptors (Lipinski definition) is 2. The first-order valence-electron chi connectivity index (χ1n) is 7.03. The average molecular weight is 316 g/mol. The third-order valence-electron chi connectivity index (χ3n) is 3.24. The summed E-state index contributed by atoms with van der Waals surface area (Å²) in [6.07, 6.45) is 3.81. The van der Waals surface area contributed by atoms with Crippen molar-refractivity contribution in [3.8, 4) is 0 Å². The highest BCUT2D eigenvalue weighted by Gasteiger charge is 1.99. The van der Waals surface area contributed by atoms with E-state index in [1.807, 2.05) is 49.4 Å². The van der Waals surface area contributed by atoms with Crippen LogP contribution in [-0.2, 0) is 11.2 Å². The molecule has 0 saturated heterocycles. The molecule has 2 rings (SSSR count). The minimum atomic E-state index is -0.202. The van der Waals surface area contributed by atoms with Crippen LogP contribution in [0, 0.1) is 6.92 Å². The minimum Gasteiger partial charge on any atom is -0.396 e. The lowest BCUT2D eigenvalue weighted by Gasteiger charge is -2.04. The summed E-state index contributed by atoms with van der Waals surface area (Å²) in [4.78, 5) is 11.9. The number of anilines is 1. The van der Waals surface area contributed by atoms with E-state index in [-0.39, 0.29) is 12.5 Å². The Kier molecular flexibility index (Phi) is 5.75. The Morgan fingerprint density at radius 2 is 1.95 bits per heavy atom. The fraction of sp³-hybridized carbons (Fsp3) is 0.167. The van der Waals surface area contributed by atoms with Gasteiger partial charge in [0.15, 0.2) is 0 Å². The van der Waals surface area contributed by atoms with Gasteiger partial charge in [-0.3, -0.25) is 4.79 Å². The molecule has 1 amide bonds. The molecule has 0 fully saturated rings. The second-order valence-corrected chi connectivity index (χ2v) is 5.41. The van der Waals surface area contributed by atoms with Crippen molar-refractivity contribution in [1.29, 1.82) is 0 Å². The van der Waals surface area contributed by atoms with Crippen LogP contribution in [0.2, 0.25) is 5.02 Å². The number of rotatable bonds is 5. The Balaban J connectivity index is 1.97. The van der Waals surface area contributed by atoms with Crippen LogP contribution in [0.25, 0.3) is 6.08 Å². The third kappa shape index (κ3) is 4.72. The quantitative estimate of drug-likeness (QED) is 0.824. The Bertz CT molecular complexity index is 678. The molecule has 2 aromatic carbocycles. The van der Waals surface area contributed by atoms with E-state index in [9.17, 15) is 4.79 Å². The highest BCUT2D eigenvalue weighted by Crippen LogP contribution is 2.17. The fourth-order valence-electron chi connectivity index (χ4n) is 1.95. The zero-order valence-electron chi connectivity index (χ0n) is 12.3. The summed E-state index contributed by atoms with van der Waals surface area (Å²) in [7, 11) is 0. The van der Waals surface area contributed by atoms with Crippen molar-refractivity contribution in [2.45, 2.75) is 13.3 Å². The van der Waals surface area contributed by atoms with Gasteiger partial charge < -0.3 is 10.4 Å². The van der Waals surface area contributed by atoms with Crippen LogP contribution in [-0.4, -0.2) is 17.6 Å². The van der Waals surface area contributed by atoms with Crippen molar-refractivity contribution >= 4 is 29.3 Å². The van der Waals surface area contributed by atoms with E-state index in [0.717, 1.165) is 22.4 Å². The minimum absolute atomic E-state index is 0.119. The van der Waals surface area contributed by atoms with Gasteiger partial charge in [0.05, 0.1) is 0 Å². The van der Waals surface area contributed by atoms with Crippen LogP contribution >= 0.6 is 11.6 Å². The molecular weight excluding hydrogens is 298 g/mol. The summed E-state index contributed by atoms with van der Waals surface area (Å²) >= 11 is 6.05. The van der Waals surface area contributed by atoms with Crippen LogP contribution in [0.3, 0.4) is 0 Å². The molecule has 0 atom stereocenters. The second kappa shape index (κ2) is 7.78. The van der Waals surface area contributed by atoms with E-state index in [0.29, 0.717) is 11.4 Å². The Morgan fingerprint density at radius 3 is 2.59 bits per heavy atom. The summed E-state index contributed by atoms with van der Waals surface area (Å²) in [5.41, 5.74) is 3.64. The van der Waals surface area contributed by atoms with Crippen LogP contribution in [0.1, 0.15) is 16.7 Å². The lowest BCUT2D eigenvalue weighted by atomic mass is 10.1. The van der Waals surface area contributed by atoms with Crippen LogP contribution < -0.4 is 5.32 Å². The van der Waals surface area contributed by atoms with Crippen molar-refractivity contribution in [2.24, 2.45) is 0 Å². The summed E-state index contributed by atoms with van der Waals surface area (Å²) in [5.74, 6) is -0.202. The molecule has 0 unspecified atom stereocenters. The molecule has 0 radical (unpaired) electrons. The normalized spacial score (nSPS) is 10.9. The lowest BCUT2D eigenvalue weighted by molar-refractivity contribution is -0.111. The smallest absolute Gasteiger partial charge is 0.248 e. The van der Waals surface area contributed by atoms with Crippen LogP contribution in [0.4, 0.5) is 5.69 Å². The van der Waals surface area contributed by atoms with Crippen molar-refractivity contribution in [3.63, 3.8) is 0 Å². The zero-order valence-corrected chi connectivity index (χ0v) is 13.1. The predicted octanol–water partition coefficient (Wildman–Crippen LogP) is 3.84. The fourth-order valence-corrected chi connectivity index (χ4v) is 2.14. The highest BCUT2D eigenvalue weighted by molar-refractivity contribution is 6.31. The van der Waals surface area contributed by atoms with Crippen molar-refractivity contribution in [1.82, 2.24) is 0 Å². The summed E-state index contributed by atoms with van der Waals surface area (Å²) < 4.78 is 0. The lowest BCUT2D eigenvalue weighted by Crippen LogP contribution is -2.07. The number of carbonyl (C=O) groups excluding carboxylic acids is 1. The number of aliphatic hydroxyl groups is 1. The van der Waals surface area contributed by atoms with E-state index in [1.165, 1.54) is 6.08 Å². The van der Waals surface area contributed by atoms with Crippen molar-refractivity contribution < 1.29 is 9.90 Å². The second-order valence-electron chi connectivity index (χ2n) is 5.00. The molecule has 0 bridgehead atoms. The van der Waals surface area contributed by atoms with Gasteiger partial charge in [-0.25, -0.2) is 0 Å². The first-order chi connectivity index (χ1) is 10.6. The molecule has 114 valence electrons. The monoisotopic (exact) mass is 315 g/mol. The molecule has 0 saturated carbocycles. The molecule has 2 N–H and O–H groups in total. The van der Waals surface area contributed by atoms with Crippen molar-refractivity contribution in [2.75, 3.05) is 11.9 Å². The number of benzene rings is 2. The van der Waals surface area contributed by atoms with E-state index in [1.54, 1.807) is 6.08 Å². The molecular formula is C18H18ClNO2. The van der Waals surface area contributed by atoms with E-state index in [4.69, 9.17) is 16.7 Å². The summed E-state index contributed by atoms with van der Waals surface area (Å²) in [6, 6.07) is 13.1. The van der Waals surface area contributed by atoms with Gasteiger partial charge in [0.2, 0.25) is 5.91 Å². The van der Waals surface area contributed by atoms with Gasteiger partial charge in [-0.2, -0.15) is 0 Å². The summed E-state index contributed by atoms with van der Waals surface area (Å²) in [5, 5.41) is 12.3. The molecule has 2 aromatic rings. The highest BCUT2D eigenvalue weighted by atomic mass is 35.5. The molecule has 0 spiro atoms. The van der Waals surface area contributed by atoms with E-state index >= 15 is 0 Å². The van der Waals surface area contributed by atoms with Gasteiger partial charge in [-0.05, 0) is 54.3 Å². The molecule has 0 aromatic heterocycles. The number of amides is 1. The number of carbonyl (C=O) groups is 1. The van der Waals surface area contributed by atoms with Gasteiger partial charge in [-0.1, -0.05) is 35.9 Å². The predicted molar refractivity (Wildman–Crippen MR) is 91.1 cm³/mol. The molecule has 0 heterocycles. The molecule has 22 heavy (non-hydrogen) atoms. The standard InChI is InChI=1S/C18H18ClNO2/c1-13-2-3-15(12-17(13)19)6-9-18(22)20-16-7-4-14(5-8-16)10-11-21/h2-9,12,21H,10-11H2,1H3,(H,20,22)/b9-6+. The number of halogens is 1. The topological polar surface area (TPSA) is 49.3 Å². The van der Waals surface area contributed by atoms with Gasteiger partial charge in [-0.15, -0.1) is 0 Å². The summed E-state index contributed by atoms with van der Waals surface area (Å²) in [6.45, 7) is 2.05. The van der Waals surface area contributed by atoms with Gasteiger partial charge in [0, 0.05) is 23.4 Å². The number of nitrogens with one attached hydrogen (secondary N) is 1. The number of aliphatic hydroxyl groups excluding tert-OH is 1. The maximum atomic E-state index is 11.9. The van der Waals surface area contributed by atoms with Crippen LogP contribution in [0.5, 0.6) is 0 Å². The largest absolute Gasteiger partial charge is 0.396 e. The molecule has 0 aliphatic rings. The number of hydrogen-bond donors (Lipinski definition) is 2. The van der Waals surface area contributed by atoms with Crippen molar-refractivity contribution in [3.05, 3.63) is 70.3 Å². The van der Waals surface area contributed by atoms with Gasteiger partial charge in [0.1, 0.15) is 0 Å².